The summed E-state index contributed by atoms with van der Waals surface area (Å²) < 4.78 is 0. The summed E-state index contributed by atoms with van der Waals surface area (Å²) in [6, 6.07) is 19.5. The lowest BCUT2D eigenvalue weighted by molar-refractivity contribution is -0.0470. The highest BCUT2D eigenvalue weighted by atomic mass is 16.7. The Morgan fingerprint density at radius 1 is 1.18 bits per heavy atom. The summed E-state index contributed by atoms with van der Waals surface area (Å²) in [5, 5.41) is 0.821. The van der Waals surface area contributed by atoms with Crippen LogP contribution in [-0.2, 0) is 4.84 Å². The second-order valence-corrected chi connectivity index (χ2v) is 7.14. The van der Waals surface area contributed by atoms with E-state index in [0.717, 1.165) is 54.6 Å². The number of carbonyl (C=O) groups excluding carboxylic acids is 1. The number of hydrogen-bond acceptors (Lipinski definition) is 4. The molecule has 0 saturated carbocycles. The van der Waals surface area contributed by atoms with Crippen molar-refractivity contribution in [1.29, 1.82) is 0 Å². The SMILES string of the molecule is CCN1CCCC(ONC(=O)c2cc(-c3ccccc3)nc3ccccc23)C1. The van der Waals surface area contributed by atoms with E-state index in [4.69, 9.17) is 9.82 Å². The number of pyridine rings is 1. The molecular formula is C23H25N3O2. The Morgan fingerprint density at radius 2 is 1.96 bits per heavy atom. The van der Waals surface area contributed by atoms with Gasteiger partial charge in [0.05, 0.1) is 22.9 Å². The Morgan fingerprint density at radius 3 is 2.79 bits per heavy atom. The normalized spacial score (nSPS) is 17.5. The van der Waals surface area contributed by atoms with Crippen LogP contribution in [0.2, 0.25) is 0 Å². The maximum atomic E-state index is 13.0. The first-order valence-electron chi connectivity index (χ1n) is 9.88. The number of amides is 1. The Labute approximate surface area is 165 Å². The first-order chi connectivity index (χ1) is 13.7. The van der Waals surface area contributed by atoms with E-state index in [-0.39, 0.29) is 12.0 Å². The topological polar surface area (TPSA) is 54.5 Å². The quantitative estimate of drug-likeness (QED) is 0.684. The van der Waals surface area contributed by atoms with Gasteiger partial charge < -0.3 is 4.90 Å². The Balaban J connectivity index is 1.59. The van der Waals surface area contributed by atoms with Crippen molar-refractivity contribution in [3.8, 4) is 11.3 Å². The molecule has 4 rings (SSSR count). The maximum Gasteiger partial charge on any atom is 0.275 e. The fourth-order valence-electron chi connectivity index (χ4n) is 3.71. The highest BCUT2D eigenvalue weighted by Crippen LogP contribution is 2.25. The highest BCUT2D eigenvalue weighted by Gasteiger charge is 2.21. The molecule has 2 heterocycles. The van der Waals surface area contributed by atoms with Gasteiger partial charge in [0.25, 0.3) is 5.91 Å². The Bertz CT molecular complexity index is 958. The monoisotopic (exact) mass is 375 g/mol. The van der Waals surface area contributed by atoms with E-state index in [0.29, 0.717) is 5.56 Å². The van der Waals surface area contributed by atoms with Crippen molar-refractivity contribution in [3.05, 3.63) is 66.2 Å². The van der Waals surface area contributed by atoms with Crippen LogP contribution < -0.4 is 5.48 Å². The number of carbonyl (C=O) groups is 1. The predicted molar refractivity (Wildman–Crippen MR) is 111 cm³/mol. The minimum absolute atomic E-state index is 0.0272. The zero-order chi connectivity index (χ0) is 19.3. The van der Waals surface area contributed by atoms with Gasteiger partial charge in [0.2, 0.25) is 0 Å². The number of piperidine rings is 1. The summed E-state index contributed by atoms with van der Waals surface area (Å²) in [6.07, 6.45) is 2.08. The molecule has 0 bridgehead atoms. The van der Waals surface area contributed by atoms with Crippen LogP contribution in [0.15, 0.2) is 60.7 Å². The zero-order valence-electron chi connectivity index (χ0n) is 16.1. The van der Waals surface area contributed by atoms with Crippen molar-refractivity contribution in [3.63, 3.8) is 0 Å². The van der Waals surface area contributed by atoms with Gasteiger partial charge in [0.15, 0.2) is 0 Å². The lowest BCUT2D eigenvalue weighted by atomic mass is 10.0. The number of para-hydroxylation sites is 1. The van der Waals surface area contributed by atoms with Crippen LogP contribution in [-0.4, -0.2) is 41.5 Å². The number of aromatic nitrogens is 1. The van der Waals surface area contributed by atoms with Crippen molar-refractivity contribution in [1.82, 2.24) is 15.4 Å². The molecule has 1 saturated heterocycles. The first kappa shape index (κ1) is 18.6. The van der Waals surface area contributed by atoms with Gasteiger partial charge in [0.1, 0.15) is 0 Å². The Kier molecular flexibility index (Phi) is 5.65. The molecule has 1 aliphatic rings. The van der Waals surface area contributed by atoms with E-state index in [1.54, 1.807) is 0 Å². The molecule has 1 aliphatic heterocycles. The molecule has 3 aromatic rings. The first-order valence-corrected chi connectivity index (χ1v) is 9.88. The predicted octanol–water partition coefficient (Wildman–Crippen LogP) is 4.05. The molecule has 2 aromatic carbocycles. The van der Waals surface area contributed by atoms with E-state index in [1.165, 1.54) is 0 Å². The van der Waals surface area contributed by atoms with Crippen LogP contribution in [0.5, 0.6) is 0 Å². The van der Waals surface area contributed by atoms with Crippen LogP contribution in [0.4, 0.5) is 0 Å². The van der Waals surface area contributed by atoms with Crippen molar-refractivity contribution in [2.45, 2.75) is 25.9 Å². The molecule has 1 fully saturated rings. The van der Waals surface area contributed by atoms with Crippen LogP contribution in [0.1, 0.15) is 30.1 Å². The highest BCUT2D eigenvalue weighted by molar-refractivity contribution is 6.06. The lowest BCUT2D eigenvalue weighted by Crippen LogP contribution is -2.42. The average molecular weight is 375 g/mol. The van der Waals surface area contributed by atoms with Crippen LogP contribution in [0, 0.1) is 0 Å². The van der Waals surface area contributed by atoms with E-state index in [1.807, 2.05) is 60.7 Å². The fourth-order valence-corrected chi connectivity index (χ4v) is 3.71. The van der Waals surface area contributed by atoms with Gasteiger partial charge in [-0.15, -0.1) is 0 Å². The second kappa shape index (κ2) is 8.50. The fraction of sp³-hybridized carbons (Fsp3) is 0.304. The summed E-state index contributed by atoms with van der Waals surface area (Å²) in [7, 11) is 0. The summed E-state index contributed by atoms with van der Waals surface area (Å²) in [5.74, 6) is -0.232. The molecule has 0 aliphatic carbocycles. The summed E-state index contributed by atoms with van der Waals surface area (Å²) in [5.41, 5.74) is 5.82. The van der Waals surface area contributed by atoms with Gasteiger partial charge in [-0.25, -0.2) is 10.5 Å². The number of hydroxylamine groups is 1. The van der Waals surface area contributed by atoms with E-state index >= 15 is 0 Å². The van der Waals surface area contributed by atoms with Crippen LogP contribution >= 0.6 is 0 Å². The molecule has 28 heavy (non-hydrogen) atoms. The Hall–Kier alpha value is -2.76. The molecule has 1 aromatic heterocycles. The molecule has 0 radical (unpaired) electrons. The number of benzene rings is 2. The van der Waals surface area contributed by atoms with Gasteiger partial charge in [-0.2, -0.15) is 0 Å². The third kappa shape index (κ3) is 4.06. The number of nitrogens with one attached hydrogen (secondary N) is 1. The van der Waals surface area contributed by atoms with Crippen LogP contribution in [0.3, 0.4) is 0 Å². The van der Waals surface area contributed by atoms with Gasteiger partial charge in [-0.05, 0) is 38.1 Å². The number of likely N-dealkylation sites (tertiary alicyclic amines) is 1. The summed E-state index contributed by atoms with van der Waals surface area (Å²) in [6.45, 7) is 5.10. The second-order valence-electron chi connectivity index (χ2n) is 7.14. The maximum absolute atomic E-state index is 13.0. The van der Waals surface area contributed by atoms with Crippen molar-refractivity contribution >= 4 is 16.8 Å². The molecule has 1 N–H and O–H groups in total. The molecule has 1 atom stereocenters. The van der Waals surface area contributed by atoms with Crippen molar-refractivity contribution in [2.75, 3.05) is 19.6 Å². The molecule has 144 valence electrons. The van der Waals surface area contributed by atoms with Gasteiger partial charge in [-0.1, -0.05) is 55.5 Å². The number of likely N-dealkylation sites (N-methyl/N-ethyl adjacent to an activating group) is 1. The third-order valence-corrected chi connectivity index (χ3v) is 5.26. The molecule has 5 nitrogen and oxygen atoms in total. The molecule has 1 unspecified atom stereocenters. The average Bonchev–Trinajstić information content (AvgIpc) is 2.77. The zero-order valence-corrected chi connectivity index (χ0v) is 16.1. The van der Waals surface area contributed by atoms with Crippen molar-refractivity contribution in [2.24, 2.45) is 0 Å². The lowest BCUT2D eigenvalue weighted by Gasteiger charge is -2.31. The van der Waals surface area contributed by atoms with Gasteiger partial charge >= 0.3 is 0 Å². The molecule has 5 heteroatoms. The van der Waals surface area contributed by atoms with Crippen molar-refractivity contribution < 1.29 is 9.63 Å². The summed E-state index contributed by atoms with van der Waals surface area (Å²) >= 11 is 0. The minimum atomic E-state index is -0.232. The number of fused-ring (bicyclic) bond motifs is 1. The van der Waals surface area contributed by atoms with Crippen LogP contribution in [0.25, 0.3) is 22.2 Å². The van der Waals surface area contributed by atoms with E-state index in [9.17, 15) is 4.79 Å². The number of nitrogens with zero attached hydrogens (tertiary/aromatic N) is 2. The standard InChI is InChI=1S/C23H25N3O2/c1-2-26-14-8-11-18(16-26)28-25-23(27)20-15-22(17-9-4-3-5-10-17)24-21-13-7-6-12-19(20)21/h3-7,9-10,12-13,15,18H,2,8,11,14,16H2,1H3,(H,25,27). The molecular weight excluding hydrogens is 350 g/mol. The molecule has 0 spiro atoms. The summed E-state index contributed by atoms with van der Waals surface area (Å²) in [4.78, 5) is 25.8. The van der Waals surface area contributed by atoms with Gasteiger partial charge in [-0.3, -0.25) is 9.63 Å². The minimum Gasteiger partial charge on any atom is -0.301 e. The number of rotatable bonds is 5. The van der Waals surface area contributed by atoms with E-state index in [2.05, 4.69) is 17.3 Å². The smallest absolute Gasteiger partial charge is 0.275 e. The number of hydrogen-bond donors (Lipinski definition) is 1. The van der Waals surface area contributed by atoms with Gasteiger partial charge in [0, 0.05) is 17.5 Å². The molecule has 1 amide bonds. The largest absolute Gasteiger partial charge is 0.301 e. The third-order valence-electron chi connectivity index (χ3n) is 5.26. The van der Waals surface area contributed by atoms with E-state index < -0.39 is 0 Å².